The molecule has 1 aromatic carbocycles. The monoisotopic (exact) mass is 196 g/mol. The molecule has 1 aromatic rings. The van der Waals surface area contributed by atoms with Gasteiger partial charge in [-0.1, -0.05) is 0 Å². The first-order valence-corrected chi connectivity index (χ1v) is 4.67. The molecule has 0 aliphatic heterocycles. The summed E-state index contributed by atoms with van der Waals surface area (Å²) in [4.78, 5) is 0. The summed E-state index contributed by atoms with van der Waals surface area (Å²) >= 11 is 0. The van der Waals surface area contributed by atoms with Crippen LogP contribution in [0.5, 0.6) is 11.5 Å². The Morgan fingerprint density at radius 2 is 2.14 bits per heavy atom. The maximum atomic E-state index is 9.47. The second kappa shape index (κ2) is 4.86. The Hall–Kier alpha value is -1.22. The van der Waals surface area contributed by atoms with Crippen LogP contribution in [-0.2, 0) is 0 Å². The molecule has 78 valence electrons. The molecular weight excluding hydrogens is 180 g/mol. The van der Waals surface area contributed by atoms with Crippen LogP contribution in [0.4, 0.5) is 0 Å². The molecule has 3 nitrogen and oxygen atoms in total. The van der Waals surface area contributed by atoms with E-state index in [4.69, 9.17) is 9.47 Å². The van der Waals surface area contributed by atoms with E-state index in [1.54, 1.807) is 20.1 Å². The molecule has 1 N–H and O–H groups in total. The third kappa shape index (κ3) is 2.39. The van der Waals surface area contributed by atoms with E-state index >= 15 is 0 Å². The van der Waals surface area contributed by atoms with Gasteiger partial charge in [0.05, 0.1) is 19.8 Å². The molecule has 14 heavy (non-hydrogen) atoms. The zero-order valence-corrected chi connectivity index (χ0v) is 8.78. The quantitative estimate of drug-likeness (QED) is 0.801. The van der Waals surface area contributed by atoms with Crippen LogP contribution in [0, 0.1) is 0 Å². The average molecular weight is 196 g/mol. The summed E-state index contributed by atoms with van der Waals surface area (Å²) in [6.07, 6.45) is -0.526. The van der Waals surface area contributed by atoms with Gasteiger partial charge < -0.3 is 14.6 Å². The second-order valence-corrected chi connectivity index (χ2v) is 3.01. The highest BCUT2D eigenvalue weighted by Gasteiger charge is 2.09. The van der Waals surface area contributed by atoms with Gasteiger partial charge in [-0.3, -0.25) is 0 Å². The number of aliphatic hydroxyl groups is 1. The predicted octanol–water partition coefficient (Wildman–Crippen LogP) is 2.15. The topological polar surface area (TPSA) is 38.7 Å². The van der Waals surface area contributed by atoms with Crippen molar-refractivity contribution in [2.45, 2.75) is 20.0 Å². The fraction of sp³-hybridized carbons (Fsp3) is 0.455. The van der Waals surface area contributed by atoms with Gasteiger partial charge in [-0.05, 0) is 26.0 Å². The molecule has 0 fully saturated rings. The Balaban J connectivity index is 3.03. The summed E-state index contributed by atoms with van der Waals surface area (Å²) in [5, 5.41) is 9.47. The number of hydrogen-bond donors (Lipinski definition) is 1. The maximum absolute atomic E-state index is 9.47. The lowest BCUT2D eigenvalue weighted by molar-refractivity contribution is 0.192. The minimum atomic E-state index is -0.526. The van der Waals surface area contributed by atoms with E-state index in [-0.39, 0.29) is 0 Å². The van der Waals surface area contributed by atoms with E-state index < -0.39 is 6.10 Å². The minimum absolute atomic E-state index is 0.526. The van der Waals surface area contributed by atoms with Crippen molar-refractivity contribution in [1.82, 2.24) is 0 Å². The highest BCUT2D eigenvalue weighted by Crippen LogP contribution is 2.29. The van der Waals surface area contributed by atoms with Gasteiger partial charge in [0.1, 0.15) is 11.5 Å². The van der Waals surface area contributed by atoms with Crippen LogP contribution >= 0.6 is 0 Å². The van der Waals surface area contributed by atoms with E-state index in [0.717, 1.165) is 11.3 Å². The normalized spacial score (nSPS) is 12.3. The van der Waals surface area contributed by atoms with E-state index in [1.807, 2.05) is 19.1 Å². The minimum Gasteiger partial charge on any atom is -0.497 e. The Bertz CT molecular complexity index is 295. The Kier molecular flexibility index (Phi) is 3.77. The fourth-order valence-corrected chi connectivity index (χ4v) is 1.27. The van der Waals surface area contributed by atoms with Crippen molar-refractivity contribution in [1.29, 1.82) is 0 Å². The predicted molar refractivity (Wildman–Crippen MR) is 54.8 cm³/mol. The number of aliphatic hydroxyl groups excluding tert-OH is 1. The molecule has 0 saturated carbocycles. The summed E-state index contributed by atoms with van der Waals surface area (Å²) < 4.78 is 10.5. The highest BCUT2D eigenvalue weighted by molar-refractivity contribution is 5.41. The summed E-state index contributed by atoms with van der Waals surface area (Å²) in [5.74, 6) is 1.42. The van der Waals surface area contributed by atoms with Crippen LogP contribution < -0.4 is 9.47 Å². The first kappa shape index (κ1) is 10.9. The van der Waals surface area contributed by atoms with Crippen LogP contribution in [0.25, 0.3) is 0 Å². The molecule has 1 atom stereocenters. The molecule has 0 heterocycles. The molecule has 3 heteroatoms. The molecule has 0 amide bonds. The van der Waals surface area contributed by atoms with Gasteiger partial charge >= 0.3 is 0 Å². The third-order valence-electron chi connectivity index (χ3n) is 1.97. The van der Waals surface area contributed by atoms with Gasteiger partial charge in [0, 0.05) is 11.6 Å². The number of hydrogen-bond acceptors (Lipinski definition) is 3. The van der Waals surface area contributed by atoms with Gasteiger partial charge in [-0.2, -0.15) is 0 Å². The third-order valence-corrected chi connectivity index (χ3v) is 1.97. The van der Waals surface area contributed by atoms with Crippen LogP contribution in [0.2, 0.25) is 0 Å². The largest absolute Gasteiger partial charge is 0.497 e. The number of ether oxygens (including phenoxy) is 2. The standard InChI is InChI=1S/C11H16O3/c1-4-14-11-7-9(13-3)5-6-10(11)8(2)12/h5-8,12H,4H2,1-3H3. The van der Waals surface area contributed by atoms with Gasteiger partial charge in [0.15, 0.2) is 0 Å². The molecule has 0 bridgehead atoms. The van der Waals surface area contributed by atoms with Crippen molar-refractivity contribution in [3.8, 4) is 11.5 Å². The van der Waals surface area contributed by atoms with E-state index in [1.165, 1.54) is 0 Å². The van der Waals surface area contributed by atoms with Crippen LogP contribution in [0.1, 0.15) is 25.5 Å². The van der Waals surface area contributed by atoms with E-state index in [9.17, 15) is 5.11 Å². The number of methoxy groups -OCH3 is 1. The van der Waals surface area contributed by atoms with Gasteiger partial charge in [-0.15, -0.1) is 0 Å². The Morgan fingerprint density at radius 1 is 1.43 bits per heavy atom. The summed E-state index contributed by atoms with van der Waals surface area (Å²) in [6.45, 7) is 4.20. The molecular formula is C11H16O3. The smallest absolute Gasteiger partial charge is 0.128 e. The first-order valence-electron chi connectivity index (χ1n) is 4.67. The van der Waals surface area contributed by atoms with Crippen molar-refractivity contribution >= 4 is 0 Å². The molecule has 0 aromatic heterocycles. The fourth-order valence-electron chi connectivity index (χ4n) is 1.27. The van der Waals surface area contributed by atoms with E-state index in [0.29, 0.717) is 12.4 Å². The van der Waals surface area contributed by atoms with Crippen molar-refractivity contribution in [3.63, 3.8) is 0 Å². The molecule has 1 rings (SSSR count). The van der Waals surface area contributed by atoms with Gasteiger partial charge in [0.25, 0.3) is 0 Å². The maximum Gasteiger partial charge on any atom is 0.128 e. The van der Waals surface area contributed by atoms with Crippen LogP contribution in [0.3, 0.4) is 0 Å². The van der Waals surface area contributed by atoms with E-state index in [2.05, 4.69) is 0 Å². The second-order valence-electron chi connectivity index (χ2n) is 3.01. The van der Waals surface area contributed by atoms with Gasteiger partial charge in [-0.25, -0.2) is 0 Å². The lowest BCUT2D eigenvalue weighted by atomic mass is 10.1. The van der Waals surface area contributed by atoms with Crippen LogP contribution in [-0.4, -0.2) is 18.8 Å². The SMILES string of the molecule is CCOc1cc(OC)ccc1C(C)O. The summed E-state index contributed by atoms with van der Waals surface area (Å²) in [5.41, 5.74) is 0.785. The molecule has 0 aliphatic rings. The van der Waals surface area contributed by atoms with Crippen LogP contribution in [0.15, 0.2) is 18.2 Å². The van der Waals surface area contributed by atoms with Crippen molar-refractivity contribution in [3.05, 3.63) is 23.8 Å². The van der Waals surface area contributed by atoms with Crippen molar-refractivity contribution in [2.24, 2.45) is 0 Å². The Labute approximate surface area is 84.3 Å². The average Bonchev–Trinajstić information content (AvgIpc) is 2.17. The molecule has 1 unspecified atom stereocenters. The lowest BCUT2D eigenvalue weighted by Crippen LogP contribution is -2.00. The first-order chi connectivity index (χ1) is 6.69. The highest BCUT2D eigenvalue weighted by atomic mass is 16.5. The zero-order chi connectivity index (χ0) is 10.6. The number of rotatable bonds is 4. The van der Waals surface area contributed by atoms with Gasteiger partial charge in [0.2, 0.25) is 0 Å². The lowest BCUT2D eigenvalue weighted by Gasteiger charge is -2.13. The molecule has 0 aliphatic carbocycles. The zero-order valence-electron chi connectivity index (χ0n) is 8.78. The van der Waals surface area contributed by atoms with Crippen molar-refractivity contribution in [2.75, 3.05) is 13.7 Å². The number of benzene rings is 1. The molecule has 0 radical (unpaired) electrons. The van der Waals surface area contributed by atoms with Crippen molar-refractivity contribution < 1.29 is 14.6 Å². The molecule has 0 saturated heterocycles. The summed E-state index contributed by atoms with van der Waals surface area (Å²) in [6, 6.07) is 5.41. The Morgan fingerprint density at radius 3 is 2.64 bits per heavy atom. The molecule has 0 spiro atoms. The summed E-state index contributed by atoms with van der Waals surface area (Å²) in [7, 11) is 1.60.